The first-order valence-electron chi connectivity index (χ1n) is 7.83. The number of hydrogen-bond acceptors (Lipinski definition) is 4. The molecule has 1 unspecified atom stereocenters. The van der Waals surface area contributed by atoms with Gasteiger partial charge < -0.3 is 15.3 Å². The van der Waals surface area contributed by atoms with E-state index >= 15 is 0 Å². The summed E-state index contributed by atoms with van der Waals surface area (Å²) in [5.74, 6) is 0. The second-order valence-electron chi connectivity index (χ2n) is 6.05. The summed E-state index contributed by atoms with van der Waals surface area (Å²) in [7, 11) is 0. The average Bonchev–Trinajstić information content (AvgIpc) is 2.60. The van der Waals surface area contributed by atoms with Crippen LogP contribution in [0.2, 0.25) is 0 Å². The van der Waals surface area contributed by atoms with E-state index in [1.165, 1.54) is 5.56 Å². The Labute approximate surface area is 137 Å². The van der Waals surface area contributed by atoms with Gasteiger partial charge in [0.2, 0.25) is 0 Å². The monoisotopic (exact) mass is 315 g/mol. The fourth-order valence-electron chi connectivity index (χ4n) is 2.56. The highest BCUT2D eigenvalue weighted by Crippen LogP contribution is 2.22. The van der Waals surface area contributed by atoms with E-state index in [1.807, 2.05) is 61.5 Å². The molecule has 23 heavy (non-hydrogen) atoms. The maximum Gasteiger partial charge on any atom is 0.0886 e. The summed E-state index contributed by atoms with van der Waals surface area (Å²) >= 11 is 0. The lowest BCUT2D eigenvalue weighted by Crippen LogP contribution is -2.56. The molecule has 2 rings (SSSR count). The number of aryl methyl sites for hydroxylation is 1. The van der Waals surface area contributed by atoms with Crippen LogP contribution in [-0.4, -0.2) is 40.7 Å². The Balaban J connectivity index is 2.29. The molecule has 1 atom stereocenters. The van der Waals surface area contributed by atoms with E-state index in [0.717, 1.165) is 11.1 Å². The summed E-state index contributed by atoms with van der Waals surface area (Å²) in [6, 6.07) is 18.0. The van der Waals surface area contributed by atoms with Crippen molar-refractivity contribution in [2.45, 2.75) is 24.9 Å². The van der Waals surface area contributed by atoms with Gasteiger partial charge >= 0.3 is 0 Å². The highest BCUT2D eigenvalue weighted by Gasteiger charge is 2.31. The van der Waals surface area contributed by atoms with Crippen LogP contribution >= 0.6 is 0 Å². The lowest BCUT2D eigenvalue weighted by molar-refractivity contribution is 0.0339. The second kappa shape index (κ2) is 8.22. The minimum absolute atomic E-state index is 0.121. The molecule has 0 aliphatic carbocycles. The van der Waals surface area contributed by atoms with Crippen LogP contribution in [0, 0.1) is 6.92 Å². The molecular weight excluding hydrogens is 290 g/mol. The molecule has 0 heterocycles. The highest BCUT2D eigenvalue weighted by atomic mass is 16.3. The van der Waals surface area contributed by atoms with E-state index in [0.29, 0.717) is 6.42 Å². The number of benzene rings is 2. The van der Waals surface area contributed by atoms with Crippen LogP contribution in [0.25, 0.3) is 0 Å². The first-order chi connectivity index (χ1) is 11.1. The predicted octanol–water partition coefficient (Wildman–Crippen LogP) is 1.58. The van der Waals surface area contributed by atoms with Crippen molar-refractivity contribution in [2.24, 2.45) is 0 Å². The molecule has 2 aromatic carbocycles. The van der Waals surface area contributed by atoms with Crippen molar-refractivity contribution in [1.82, 2.24) is 5.32 Å². The molecule has 2 aromatic rings. The summed E-state index contributed by atoms with van der Waals surface area (Å²) < 4.78 is 0. The van der Waals surface area contributed by atoms with Gasteiger partial charge in [-0.3, -0.25) is 5.32 Å². The molecule has 0 amide bonds. The van der Waals surface area contributed by atoms with Crippen LogP contribution in [-0.2, 0) is 6.42 Å². The van der Waals surface area contributed by atoms with Crippen LogP contribution in [0.15, 0.2) is 54.6 Å². The number of nitrogens with one attached hydrogen (secondary N) is 1. The van der Waals surface area contributed by atoms with E-state index in [2.05, 4.69) is 5.32 Å². The topological polar surface area (TPSA) is 72.7 Å². The van der Waals surface area contributed by atoms with Gasteiger partial charge in [0.15, 0.2) is 0 Å². The summed E-state index contributed by atoms with van der Waals surface area (Å²) in [5, 5.41) is 32.1. The van der Waals surface area contributed by atoms with Gasteiger partial charge in [-0.1, -0.05) is 60.2 Å². The summed E-state index contributed by atoms with van der Waals surface area (Å²) in [4.78, 5) is 0. The molecule has 124 valence electrons. The van der Waals surface area contributed by atoms with Crippen molar-refractivity contribution >= 4 is 0 Å². The Morgan fingerprint density at radius 1 is 0.870 bits per heavy atom. The maximum atomic E-state index is 9.60. The van der Waals surface area contributed by atoms with Gasteiger partial charge in [-0.2, -0.15) is 0 Å². The SMILES string of the molecule is Cc1ccc(C(Cc2ccccc2)NC(CO)(CO)CO)cc1. The molecule has 0 aromatic heterocycles. The van der Waals surface area contributed by atoms with E-state index in [9.17, 15) is 15.3 Å². The highest BCUT2D eigenvalue weighted by molar-refractivity contribution is 5.27. The fraction of sp³-hybridized carbons (Fsp3) is 0.368. The smallest absolute Gasteiger partial charge is 0.0886 e. The third-order valence-electron chi connectivity index (χ3n) is 4.15. The van der Waals surface area contributed by atoms with Gasteiger partial charge in [0.05, 0.1) is 25.4 Å². The van der Waals surface area contributed by atoms with E-state index in [4.69, 9.17) is 0 Å². The zero-order chi connectivity index (χ0) is 16.7. The van der Waals surface area contributed by atoms with Gasteiger partial charge in [0, 0.05) is 6.04 Å². The van der Waals surface area contributed by atoms with Crippen LogP contribution in [0.5, 0.6) is 0 Å². The van der Waals surface area contributed by atoms with Crippen LogP contribution < -0.4 is 5.32 Å². The van der Waals surface area contributed by atoms with E-state index in [1.54, 1.807) is 0 Å². The van der Waals surface area contributed by atoms with Crippen molar-refractivity contribution in [2.75, 3.05) is 19.8 Å². The zero-order valence-electron chi connectivity index (χ0n) is 13.4. The van der Waals surface area contributed by atoms with Crippen molar-refractivity contribution in [3.8, 4) is 0 Å². The molecule has 0 fully saturated rings. The van der Waals surface area contributed by atoms with Gasteiger partial charge in [0.25, 0.3) is 0 Å². The number of aliphatic hydroxyl groups excluding tert-OH is 3. The molecular formula is C19H25NO3. The van der Waals surface area contributed by atoms with Gasteiger partial charge in [-0.25, -0.2) is 0 Å². The molecule has 4 N–H and O–H groups in total. The van der Waals surface area contributed by atoms with Crippen molar-refractivity contribution in [1.29, 1.82) is 0 Å². The number of rotatable bonds is 8. The largest absolute Gasteiger partial charge is 0.394 e. The lowest BCUT2D eigenvalue weighted by atomic mass is 9.93. The minimum atomic E-state index is -1.11. The fourth-order valence-corrected chi connectivity index (χ4v) is 2.56. The van der Waals surface area contributed by atoms with Crippen LogP contribution in [0.1, 0.15) is 22.7 Å². The predicted molar refractivity (Wildman–Crippen MR) is 91.2 cm³/mol. The third kappa shape index (κ3) is 4.62. The minimum Gasteiger partial charge on any atom is -0.394 e. The van der Waals surface area contributed by atoms with Crippen molar-refractivity contribution < 1.29 is 15.3 Å². The van der Waals surface area contributed by atoms with Gasteiger partial charge in [-0.15, -0.1) is 0 Å². The van der Waals surface area contributed by atoms with Gasteiger partial charge in [-0.05, 0) is 24.5 Å². The Morgan fingerprint density at radius 3 is 1.96 bits per heavy atom. The second-order valence-corrected chi connectivity index (χ2v) is 6.05. The van der Waals surface area contributed by atoms with Crippen LogP contribution in [0.3, 0.4) is 0 Å². The average molecular weight is 315 g/mol. The van der Waals surface area contributed by atoms with E-state index in [-0.39, 0.29) is 25.9 Å². The Bertz CT molecular complexity index is 571. The normalized spacial score (nSPS) is 13.0. The van der Waals surface area contributed by atoms with Crippen molar-refractivity contribution in [3.63, 3.8) is 0 Å². The van der Waals surface area contributed by atoms with Crippen LogP contribution in [0.4, 0.5) is 0 Å². The maximum absolute atomic E-state index is 9.60. The first kappa shape index (κ1) is 17.6. The van der Waals surface area contributed by atoms with E-state index < -0.39 is 5.54 Å². The molecule has 0 radical (unpaired) electrons. The lowest BCUT2D eigenvalue weighted by Gasteiger charge is -2.34. The number of hydrogen-bond donors (Lipinski definition) is 4. The molecule has 4 nitrogen and oxygen atoms in total. The standard InChI is InChI=1S/C19H25NO3/c1-15-7-9-17(10-8-15)18(11-16-5-3-2-4-6-16)20-19(12-21,13-22)14-23/h2-10,18,20-23H,11-14H2,1H3. The zero-order valence-corrected chi connectivity index (χ0v) is 13.4. The quantitative estimate of drug-likeness (QED) is 0.597. The molecule has 0 saturated carbocycles. The van der Waals surface area contributed by atoms with Gasteiger partial charge in [0.1, 0.15) is 0 Å². The first-order valence-corrected chi connectivity index (χ1v) is 7.83. The Kier molecular flexibility index (Phi) is 6.30. The summed E-state index contributed by atoms with van der Waals surface area (Å²) in [5.41, 5.74) is 2.27. The Hall–Kier alpha value is -1.72. The molecule has 0 bridgehead atoms. The summed E-state index contributed by atoms with van der Waals surface area (Å²) in [6.45, 7) is 1.02. The molecule has 0 spiro atoms. The number of aliphatic hydroxyl groups is 3. The molecule has 0 aliphatic heterocycles. The van der Waals surface area contributed by atoms with Crippen molar-refractivity contribution in [3.05, 3.63) is 71.3 Å². The third-order valence-corrected chi connectivity index (χ3v) is 4.15. The molecule has 4 heteroatoms. The molecule has 0 saturated heterocycles. The molecule has 0 aliphatic rings. The summed E-state index contributed by atoms with van der Waals surface area (Å²) in [6.07, 6.45) is 0.700. The Morgan fingerprint density at radius 2 is 1.43 bits per heavy atom.